The quantitative estimate of drug-likeness (QED) is 0.351. The van der Waals surface area contributed by atoms with Crippen LogP contribution in [0.4, 0.5) is 0 Å². The second-order valence-electron chi connectivity index (χ2n) is 2.91. The van der Waals surface area contributed by atoms with Crippen LogP contribution < -0.4 is 0 Å². The van der Waals surface area contributed by atoms with Gasteiger partial charge in [-0.05, 0) is 29.3 Å². The van der Waals surface area contributed by atoms with Crippen LogP contribution in [-0.2, 0) is 0 Å². The van der Waals surface area contributed by atoms with Crippen molar-refractivity contribution in [2.24, 2.45) is 0 Å². The van der Waals surface area contributed by atoms with Crippen molar-refractivity contribution in [2.75, 3.05) is 0 Å². The molecule has 0 bridgehead atoms. The number of hydrogen-bond donors (Lipinski definition) is 0. The molecule has 0 saturated heterocycles. The fraction of sp³-hybridized carbons (Fsp3) is 1.00. The molecule has 0 aromatic rings. The molecule has 4 heteroatoms. The third-order valence-electron chi connectivity index (χ3n) is 1.06. The van der Waals surface area contributed by atoms with Crippen molar-refractivity contribution in [2.45, 2.75) is 13.0 Å². The predicted octanol–water partition coefficient (Wildman–Crippen LogP) is -2.96. The molecule has 0 spiro atoms. The van der Waals surface area contributed by atoms with Crippen molar-refractivity contribution in [3.8, 4) is 0 Å². The zero-order valence-corrected chi connectivity index (χ0v) is 12.2. The van der Waals surface area contributed by atoms with Crippen molar-refractivity contribution in [1.82, 2.24) is 0 Å². The minimum Gasteiger partial charge on any atom is -0.0685 e. The van der Waals surface area contributed by atoms with Gasteiger partial charge in [0.05, 0.1) is 0 Å². The molecule has 0 aromatic carbocycles. The van der Waals surface area contributed by atoms with Crippen LogP contribution in [0, 0.1) is 0 Å². The van der Waals surface area contributed by atoms with Gasteiger partial charge in [-0.3, -0.25) is 0 Å². The zero-order chi connectivity index (χ0) is 5.21. The van der Waals surface area contributed by atoms with Crippen LogP contribution in [0.25, 0.3) is 0 Å². The topological polar surface area (TPSA) is 0 Å². The molecule has 0 heterocycles. The van der Waals surface area contributed by atoms with E-state index in [9.17, 15) is 0 Å². The highest BCUT2D eigenvalue weighted by molar-refractivity contribution is 7.60. The molecule has 0 aliphatic rings. The molecule has 0 saturated carbocycles. The van der Waals surface area contributed by atoms with Crippen LogP contribution in [0.3, 0.4) is 0 Å². The zero-order valence-electron chi connectivity index (χ0n) is 5.21. The fourth-order valence-electron chi connectivity index (χ4n) is 0. The van der Waals surface area contributed by atoms with E-state index in [0.717, 1.165) is 0 Å². The van der Waals surface area contributed by atoms with Crippen LogP contribution >= 0.6 is 0 Å². The second-order valence-corrected chi connectivity index (χ2v) is 51.1. The van der Waals surface area contributed by atoms with Crippen molar-refractivity contribution >= 4 is 35.9 Å². The van der Waals surface area contributed by atoms with Crippen molar-refractivity contribution in [3.05, 3.63) is 0 Å². The summed E-state index contributed by atoms with van der Waals surface area (Å²) >= 11 is 0. The maximum Gasteiger partial charge on any atom is 0.00595 e. The van der Waals surface area contributed by atoms with Crippen LogP contribution in [0.15, 0.2) is 0 Å². The van der Waals surface area contributed by atoms with E-state index in [1.807, 2.05) is 0 Å². The Morgan fingerprint density at radius 3 is 1.50 bits per heavy atom. The largest absolute Gasteiger partial charge is 0.0685 e. The summed E-state index contributed by atoms with van der Waals surface area (Å²) in [5.74, 6) is 0. The smallest absolute Gasteiger partial charge is 0.00595 e. The first-order chi connectivity index (χ1) is 2.56. The second kappa shape index (κ2) is 2.25. The summed E-state index contributed by atoms with van der Waals surface area (Å²) < 4.78 is 0. The van der Waals surface area contributed by atoms with E-state index in [-0.39, 0.29) is 6.63 Å². The Hall–Kier alpha value is 0.868. The molecule has 0 nitrogen and oxygen atoms in total. The van der Waals surface area contributed by atoms with Gasteiger partial charge in [0.15, 0.2) is 0 Å². The van der Waals surface area contributed by atoms with E-state index < -0.39 is 0 Å². The Morgan fingerprint density at radius 2 is 1.50 bits per heavy atom. The summed E-state index contributed by atoms with van der Waals surface area (Å²) in [6.07, 6.45) is 0. The van der Waals surface area contributed by atoms with E-state index in [4.69, 9.17) is 0 Å². The molecule has 0 fully saturated rings. The number of rotatable bonds is 1. The summed E-state index contributed by atoms with van der Waals surface area (Å²) in [6, 6.07) is 1.59. The van der Waals surface area contributed by atoms with Crippen LogP contribution in [-0.4, -0.2) is 35.9 Å². The first-order valence-corrected chi connectivity index (χ1v) is 15.3. The SMILES string of the molecule is CC[Si]([SiH3])([SiH3])[SiH3]. The van der Waals surface area contributed by atoms with Crippen molar-refractivity contribution in [1.29, 1.82) is 0 Å². The Balaban J connectivity index is 3.17. The van der Waals surface area contributed by atoms with Gasteiger partial charge in [0.2, 0.25) is 0 Å². The Bertz CT molecular complexity index is 35.3. The first-order valence-electron chi connectivity index (χ1n) is 2.56. The lowest BCUT2D eigenvalue weighted by atomic mass is 11.0. The highest BCUT2D eigenvalue weighted by atomic mass is 29.8. The molecule has 0 N–H and O–H groups in total. The van der Waals surface area contributed by atoms with Gasteiger partial charge < -0.3 is 0 Å². The molecule has 0 radical (unpaired) electrons. The summed E-state index contributed by atoms with van der Waals surface area (Å²) in [5.41, 5.74) is 0. The van der Waals surface area contributed by atoms with Gasteiger partial charge in [0.25, 0.3) is 0 Å². The molecular formula is C2H14Si4. The van der Waals surface area contributed by atoms with Crippen molar-refractivity contribution in [3.63, 3.8) is 0 Å². The van der Waals surface area contributed by atoms with E-state index in [2.05, 4.69) is 6.92 Å². The van der Waals surface area contributed by atoms with Gasteiger partial charge in [0, 0.05) is 6.63 Å². The summed E-state index contributed by atoms with van der Waals surface area (Å²) in [6.45, 7) is 2.16. The molecular weight excluding hydrogens is 136 g/mol. The van der Waals surface area contributed by atoms with E-state index in [0.29, 0.717) is 0 Å². The fourth-order valence-corrected chi connectivity index (χ4v) is 0. The van der Waals surface area contributed by atoms with Crippen LogP contribution in [0.1, 0.15) is 6.92 Å². The molecule has 0 atom stereocenters. The Morgan fingerprint density at radius 1 is 1.33 bits per heavy atom. The molecule has 38 valence electrons. The lowest BCUT2D eigenvalue weighted by molar-refractivity contribution is 1.46. The minimum absolute atomic E-state index is 0.215. The van der Waals surface area contributed by atoms with Gasteiger partial charge >= 0.3 is 0 Å². The number of hydrogen-bond acceptors (Lipinski definition) is 0. The summed E-state index contributed by atoms with van der Waals surface area (Å²) in [5, 5.41) is 0. The van der Waals surface area contributed by atoms with Gasteiger partial charge in [-0.1, -0.05) is 13.0 Å². The molecule has 0 unspecified atom stereocenters. The third kappa shape index (κ3) is 4.87. The first kappa shape index (κ1) is 6.87. The van der Waals surface area contributed by atoms with Crippen LogP contribution in [0.2, 0.25) is 6.04 Å². The van der Waals surface area contributed by atoms with E-state index >= 15 is 0 Å². The van der Waals surface area contributed by atoms with Gasteiger partial charge in [-0.25, -0.2) is 0 Å². The maximum absolute atomic E-state index is 2.37. The normalized spacial score (nSPS) is 21.5. The molecule has 0 amide bonds. The van der Waals surface area contributed by atoms with E-state index in [1.54, 1.807) is 35.3 Å². The Kier molecular flexibility index (Phi) is 2.57. The van der Waals surface area contributed by atoms with Gasteiger partial charge in [0.1, 0.15) is 0 Å². The highest BCUT2D eigenvalue weighted by Crippen LogP contribution is 1.88. The standard InChI is InChI=1S/C2H14Si4/c1-2-6(3,4)5/h2H2,1,3-5H3. The molecule has 0 aliphatic carbocycles. The summed E-state index contributed by atoms with van der Waals surface area (Å²) in [7, 11) is 4.77. The molecule has 6 heavy (non-hydrogen) atoms. The minimum atomic E-state index is -0.215. The third-order valence-corrected chi connectivity index (χ3v) is 9.55. The average Bonchev–Trinajstić information content (AvgIpc) is 1.35. The highest BCUT2D eigenvalue weighted by Gasteiger charge is 2.06. The molecule has 0 aromatic heterocycles. The summed E-state index contributed by atoms with van der Waals surface area (Å²) in [4.78, 5) is 0. The lowest BCUT2D eigenvalue weighted by Gasteiger charge is -2.09. The maximum atomic E-state index is 2.37. The molecule has 0 aliphatic heterocycles. The van der Waals surface area contributed by atoms with Crippen LogP contribution in [0.5, 0.6) is 0 Å². The predicted molar refractivity (Wildman–Crippen MR) is 46.1 cm³/mol. The van der Waals surface area contributed by atoms with Crippen molar-refractivity contribution < 1.29 is 0 Å². The average molecular weight is 150 g/mol. The van der Waals surface area contributed by atoms with E-state index in [1.165, 1.54) is 0 Å². The monoisotopic (exact) mass is 150 g/mol. The van der Waals surface area contributed by atoms with Gasteiger partial charge in [-0.15, -0.1) is 0 Å². The Labute approximate surface area is 49.4 Å². The molecule has 0 rings (SSSR count). The lowest BCUT2D eigenvalue weighted by Crippen LogP contribution is -2.36. The van der Waals surface area contributed by atoms with Gasteiger partial charge in [-0.2, -0.15) is 0 Å².